The SMILES string of the molecule is CN1CC(C(=O)N2CCC(c3ccnn3CCO)CC2)CC1=O. The molecule has 0 aliphatic carbocycles. The number of likely N-dealkylation sites (tertiary alicyclic amines) is 2. The van der Waals surface area contributed by atoms with Gasteiger partial charge < -0.3 is 14.9 Å². The molecule has 1 aromatic heterocycles. The van der Waals surface area contributed by atoms with Gasteiger partial charge in [-0.1, -0.05) is 0 Å². The minimum absolute atomic E-state index is 0.0612. The van der Waals surface area contributed by atoms with Crippen molar-refractivity contribution in [1.82, 2.24) is 19.6 Å². The van der Waals surface area contributed by atoms with Gasteiger partial charge in [-0.2, -0.15) is 5.10 Å². The highest BCUT2D eigenvalue weighted by atomic mass is 16.3. The zero-order valence-electron chi connectivity index (χ0n) is 13.5. The second-order valence-corrected chi connectivity index (χ2v) is 6.48. The van der Waals surface area contributed by atoms with Crippen LogP contribution in [0.1, 0.15) is 30.9 Å². The highest BCUT2D eigenvalue weighted by Crippen LogP contribution is 2.29. The molecule has 1 unspecified atom stereocenters. The summed E-state index contributed by atoms with van der Waals surface area (Å²) in [5.41, 5.74) is 1.14. The Bertz CT molecular complexity index is 578. The van der Waals surface area contributed by atoms with Gasteiger partial charge in [0.25, 0.3) is 0 Å². The predicted molar refractivity (Wildman–Crippen MR) is 83.6 cm³/mol. The van der Waals surface area contributed by atoms with Gasteiger partial charge in [-0.05, 0) is 18.9 Å². The van der Waals surface area contributed by atoms with Gasteiger partial charge in [0.1, 0.15) is 0 Å². The predicted octanol–water partition coefficient (Wildman–Crippen LogP) is 0.0597. The van der Waals surface area contributed by atoms with Crippen molar-refractivity contribution in [3.05, 3.63) is 18.0 Å². The summed E-state index contributed by atoms with van der Waals surface area (Å²) in [7, 11) is 1.75. The van der Waals surface area contributed by atoms with Gasteiger partial charge >= 0.3 is 0 Å². The zero-order valence-corrected chi connectivity index (χ0v) is 13.5. The molecule has 2 fully saturated rings. The number of aliphatic hydroxyl groups excluding tert-OH is 1. The molecule has 23 heavy (non-hydrogen) atoms. The molecule has 3 heterocycles. The summed E-state index contributed by atoms with van der Waals surface area (Å²) in [6.45, 7) is 2.58. The summed E-state index contributed by atoms with van der Waals surface area (Å²) in [4.78, 5) is 27.7. The highest BCUT2D eigenvalue weighted by molar-refractivity contribution is 5.89. The summed E-state index contributed by atoms with van der Waals surface area (Å²) in [6.07, 6.45) is 3.92. The van der Waals surface area contributed by atoms with Crippen molar-refractivity contribution in [3.63, 3.8) is 0 Å². The van der Waals surface area contributed by atoms with Crippen LogP contribution in [-0.4, -0.2) is 69.8 Å². The molecule has 2 aliphatic heterocycles. The Hall–Kier alpha value is -1.89. The van der Waals surface area contributed by atoms with Gasteiger partial charge in [-0.15, -0.1) is 0 Å². The Morgan fingerprint density at radius 1 is 1.39 bits per heavy atom. The first-order valence-corrected chi connectivity index (χ1v) is 8.25. The van der Waals surface area contributed by atoms with Crippen LogP contribution >= 0.6 is 0 Å². The minimum atomic E-state index is -0.177. The van der Waals surface area contributed by atoms with Crippen molar-refractivity contribution in [2.24, 2.45) is 5.92 Å². The van der Waals surface area contributed by atoms with E-state index in [-0.39, 0.29) is 24.3 Å². The smallest absolute Gasteiger partial charge is 0.227 e. The van der Waals surface area contributed by atoms with Gasteiger partial charge in [0.15, 0.2) is 0 Å². The molecule has 0 spiro atoms. The quantitative estimate of drug-likeness (QED) is 0.851. The molecule has 0 saturated carbocycles. The molecular weight excluding hydrogens is 296 g/mol. The molecule has 0 bridgehead atoms. The van der Waals surface area contributed by atoms with Crippen molar-refractivity contribution < 1.29 is 14.7 Å². The lowest BCUT2D eigenvalue weighted by molar-refractivity contribution is -0.136. The van der Waals surface area contributed by atoms with Crippen LogP contribution in [0.2, 0.25) is 0 Å². The molecule has 1 N–H and O–H groups in total. The Morgan fingerprint density at radius 2 is 2.13 bits per heavy atom. The molecule has 2 amide bonds. The molecule has 2 aliphatic rings. The Kier molecular flexibility index (Phi) is 4.66. The maximum absolute atomic E-state index is 12.6. The first kappa shape index (κ1) is 16.0. The van der Waals surface area contributed by atoms with Gasteiger partial charge in [0.05, 0.1) is 19.1 Å². The first-order chi connectivity index (χ1) is 11.1. The van der Waals surface area contributed by atoms with Crippen molar-refractivity contribution in [2.75, 3.05) is 33.3 Å². The molecule has 0 radical (unpaired) electrons. The highest BCUT2D eigenvalue weighted by Gasteiger charge is 2.36. The number of hydrogen-bond acceptors (Lipinski definition) is 4. The second-order valence-electron chi connectivity index (χ2n) is 6.48. The number of aliphatic hydroxyl groups is 1. The summed E-state index contributed by atoms with van der Waals surface area (Å²) in [5.74, 6) is 0.376. The van der Waals surface area contributed by atoms with Gasteiger partial charge in [-0.25, -0.2) is 0 Å². The van der Waals surface area contributed by atoms with Crippen LogP contribution in [0.5, 0.6) is 0 Å². The Morgan fingerprint density at radius 3 is 2.74 bits per heavy atom. The van der Waals surface area contributed by atoms with E-state index < -0.39 is 0 Å². The molecule has 2 saturated heterocycles. The van der Waals surface area contributed by atoms with E-state index in [1.54, 1.807) is 18.1 Å². The molecule has 126 valence electrons. The summed E-state index contributed by atoms with van der Waals surface area (Å²) in [6, 6.07) is 2.00. The Labute approximate surface area is 135 Å². The van der Waals surface area contributed by atoms with Crippen molar-refractivity contribution in [1.29, 1.82) is 0 Å². The van der Waals surface area contributed by atoms with Crippen molar-refractivity contribution in [3.8, 4) is 0 Å². The van der Waals surface area contributed by atoms with E-state index in [1.807, 2.05) is 15.6 Å². The molecule has 1 atom stereocenters. The normalized spacial score (nSPS) is 22.9. The maximum Gasteiger partial charge on any atom is 0.227 e. The number of carbonyl (C=O) groups excluding carboxylic acids is 2. The van der Waals surface area contributed by atoms with Crippen LogP contribution in [0.15, 0.2) is 12.3 Å². The van der Waals surface area contributed by atoms with E-state index >= 15 is 0 Å². The third-order valence-corrected chi connectivity index (χ3v) is 4.98. The lowest BCUT2D eigenvalue weighted by atomic mass is 9.92. The Balaban J connectivity index is 1.57. The fourth-order valence-corrected chi connectivity index (χ4v) is 3.65. The lowest BCUT2D eigenvalue weighted by Gasteiger charge is -2.33. The number of carbonyl (C=O) groups is 2. The summed E-state index contributed by atoms with van der Waals surface area (Å²) >= 11 is 0. The zero-order chi connectivity index (χ0) is 16.4. The molecular formula is C16H24N4O3. The fraction of sp³-hybridized carbons (Fsp3) is 0.688. The summed E-state index contributed by atoms with van der Waals surface area (Å²) in [5, 5.41) is 13.3. The lowest BCUT2D eigenvalue weighted by Crippen LogP contribution is -2.42. The average Bonchev–Trinajstić information content (AvgIpc) is 3.14. The number of rotatable bonds is 4. The molecule has 3 rings (SSSR count). The standard InChI is InChI=1S/C16H24N4O3/c1-18-11-13(10-15(18)22)16(23)19-6-3-12(4-7-19)14-2-5-17-20(14)8-9-21/h2,5,12-13,21H,3-4,6-11H2,1H3. The van der Waals surface area contributed by atoms with Crippen molar-refractivity contribution in [2.45, 2.75) is 31.7 Å². The monoisotopic (exact) mass is 320 g/mol. The maximum atomic E-state index is 12.6. The van der Waals surface area contributed by atoms with E-state index in [0.29, 0.717) is 25.4 Å². The van der Waals surface area contributed by atoms with Crippen LogP contribution < -0.4 is 0 Å². The third kappa shape index (κ3) is 3.24. The number of nitrogens with zero attached hydrogens (tertiary/aromatic N) is 4. The fourth-order valence-electron chi connectivity index (χ4n) is 3.65. The largest absolute Gasteiger partial charge is 0.394 e. The van der Waals surface area contributed by atoms with Crippen LogP contribution in [0, 0.1) is 5.92 Å². The minimum Gasteiger partial charge on any atom is -0.394 e. The van der Waals surface area contributed by atoms with E-state index in [1.165, 1.54) is 0 Å². The number of hydrogen-bond donors (Lipinski definition) is 1. The molecule has 1 aromatic rings. The third-order valence-electron chi connectivity index (χ3n) is 4.98. The first-order valence-electron chi connectivity index (χ1n) is 8.25. The number of aromatic nitrogens is 2. The molecule has 7 nitrogen and oxygen atoms in total. The topological polar surface area (TPSA) is 78.7 Å². The molecule has 7 heteroatoms. The van der Waals surface area contributed by atoms with Crippen molar-refractivity contribution >= 4 is 11.8 Å². The van der Waals surface area contributed by atoms with Crippen LogP contribution in [0.3, 0.4) is 0 Å². The van der Waals surface area contributed by atoms with Crippen LogP contribution in [0.25, 0.3) is 0 Å². The van der Waals surface area contributed by atoms with Crippen LogP contribution in [-0.2, 0) is 16.1 Å². The number of amides is 2. The number of piperidine rings is 1. The van der Waals surface area contributed by atoms with Crippen LogP contribution in [0.4, 0.5) is 0 Å². The van der Waals surface area contributed by atoms with Gasteiger partial charge in [0, 0.05) is 50.9 Å². The van der Waals surface area contributed by atoms with E-state index in [9.17, 15) is 9.59 Å². The van der Waals surface area contributed by atoms with Gasteiger partial charge in [0.2, 0.25) is 11.8 Å². The molecule has 0 aromatic carbocycles. The van der Waals surface area contributed by atoms with E-state index in [4.69, 9.17) is 5.11 Å². The summed E-state index contributed by atoms with van der Waals surface area (Å²) < 4.78 is 1.85. The van der Waals surface area contributed by atoms with Gasteiger partial charge in [-0.3, -0.25) is 14.3 Å². The second kappa shape index (κ2) is 6.70. The van der Waals surface area contributed by atoms with E-state index in [2.05, 4.69) is 5.10 Å². The van der Waals surface area contributed by atoms with E-state index in [0.717, 1.165) is 31.6 Å². The average molecular weight is 320 g/mol.